The quantitative estimate of drug-likeness (QED) is 0.652. The van der Waals surface area contributed by atoms with Crippen molar-refractivity contribution in [2.45, 2.75) is 83.3 Å². The number of hydrogen-bond donors (Lipinski definition) is 1. The van der Waals surface area contributed by atoms with Crippen LogP contribution in [0.5, 0.6) is 5.88 Å². The molecular formula is C24H36N4O4S. The molecule has 8 nitrogen and oxygen atoms in total. The molecule has 2 fully saturated rings. The van der Waals surface area contributed by atoms with E-state index < -0.39 is 10.0 Å². The average Bonchev–Trinajstić information content (AvgIpc) is 2.79. The molecule has 0 amide bonds. The zero-order valence-corrected chi connectivity index (χ0v) is 20.7. The third-order valence-electron chi connectivity index (χ3n) is 7.18. The third-order valence-corrected chi connectivity index (χ3v) is 8.48. The summed E-state index contributed by atoms with van der Waals surface area (Å²) in [7, 11) is -3.17. The Morgan fingerprint density at radius 2 is 1.82 bits per heavy atom. The molecule has 1 saturated heterocycles. The first kappa shape index (κ1) is 24.3. The number of hydrogen-bond acceptors (Lipinski definition) is 7. The minimum Gasteiger partial charge on any atom is -0.474 e. The number of pyridine rings is 1. The van der Waals surface area contributed by atoms with Crippen molar-refractivity contribution in [3.8, 4) is 5.88 Å². The van der Waals surface area contributed by atoms with Gasteiger partial charge in [-0.1, -0.05) is 20.3 Å². The number of fused-ring (bicyclic) bond motifs is 1. The molecule has 1 aliphatic heterocycles. The summed E-state index contributed by atoms with van der Waals surface area (Å²) in [6.07, 6.45) is 11.3. The van der Waals surface area contributed by atoms with Crippen LogP contribution in [-0.4, -0.2) is 64.3 Å². The number of nitrogens with zero attached hydrogens (tertiary/aromatic N) is 4. The van der Waals surface area contributed by atoms with Crippen molar-refractivity contribution >= 4 is 20.9 Å². The van der Waals surface area contributed by atoms with Gasteiger partial charge in [0.25, 0.3) is 0 Å². The number of aliphatic hydroxyl groups is 1. The number of piperidine rings is 1. The molecule has 1 saturated carbocycles. The topological polar surface area (TPSA) is 106 Å². The Labute approximate surface area is 196 Å². The highest BCUT2D eigenvalue weighted by molar-refractivity contribution is 7.88. The van der Waals surface area contributed by atoms with Crippen LogP contribution in [0, 0.1) is 5.92 Å². The second kappa shape index (κ2) is 10.2. The normalized spacial score (nSPS) is 24.1. The van der Waals surface area contributed by atoms with E-state index in [0.717, 1.165) is 60.8 Å². The molecule has 2 aromatic heterocycles. The SMILES string of the molecule is CC[C@H](C)Cc1ncc2c(OC3CCN(S(C)(=O)=O)CC3)ncc(C3CCC(O)CC3)c2n1. The zero-order valence-electron chi connectivity index (χ0n) is 19.9. The summed E-state index contributed by atoms with van der Waals surface area (Å²) < 4.78 is 31.4. The maximum atomic E-state index is 11.8. The van der Waals surface area contributed by atoms with Gasteiger partial charge in [-0.05, 0) is 50.4 Å². The lowest BCUT2D eigenvalue weighted by Gasteiger charge is -2.30. The van der Waals surface area contributed by atoms with Gasteiger partial charge in [0.05, 0.1) is 23.3 Å². The van der Waals surface area contributed by atoms with E-state index in [2.05, 4.69) is 23.8 Å². The van der Waals surface area contributed by atoms with E-state index in [1.807, 2.05) is 12.4 Å². The van der Waals surface area contributed by atoms with Gasteiger partial charge in [-0.3, -0.25) is 0 Å². The fraction of sp³-hybridized carbons (Fsp3) is 0.708. The van der Waals surface area contributed by atoms with Crippen molar-refractivity contribution in [2.24, 2.45) is 5.92 Å². The van der Waals surface area contributed by atoms with Crippen molar-refractivity contribution in [1.82, 2.24) is 19.3 Å². The molecule has 2 aromatic rings. The van der Waals surface area contributed by atoms with E-state index in [1.54, 1.807) is 0 Å². The van der Waals surface area contributed by atoms with Crippen LogP contribution in [0.2, 0.25) is 0 Å². The highest BCUT2D eigenvalue weighted by Gasteiger charge is 2.28. The maximum absolute atomic E-state index is 11.8. The lowest BCUT2D eigenvalue weighted by atomic mass is 9.82. The van der Waals surface area contributed by atoms with Crippen LogP contribution >= 0.6 is 0 Å². The lowest BCUT2D eigenvalue weighted by molar-refractivity contribution is 0.122. The number of ether oxygens (including phenoxy) is 1. The Morgan fingerprint density at radius 3 is 2.45 bits per heavy atom. The molecule has 33 heavy (non-hydrogen) atoms. The van der Waals surface area contributed by atoms with Gasteiger partial charge in [-0.25, -0.2) is 27.7 Å². The first-order valence-corrected chi connectivity index (χ1v) is 14.0. The van der Waals surface area contributed by atoms with E-state index >= 15 is 0 Å². The van der Waals surface area contributed by atoms with Gasteiger partial charge < -0.3 is 9.84 Å². The molecule has 1 aliphatic carbocycles. The van der Waals surface area contributed by atoms with E-state index in [9.17, 15) is 13.5 Å². The molecule has 9 heteroatoms. The smallest absolute Gasteiger partial charge is 0.224 e. The van der Waals surface area contributed by atoms with Crippen LogP contribution in [0.1, 0.15) is 76.1 Å². The Bertz CT molecular complexity index is 1060. The van der Waals surface area contributed by atoms with Crippen molar-refractivity contribution in [3.05, 3.63) is 23.8 Å². The number of rotatable bonds is 7. The summed E-state index contributed by atoms with van der Waals surface area (Å²) in [6, 6.07) is 0. The number of sulfonamides is 1. The first-order valence-electron chi connectivity index (χ1n) is 12.2. The zero-order chi connectivity index (χ0) is 23.6. The molecule has 0 radical (unpaired) electrons. The van der Waals surface area contributed by atoms with Crippen molar-refractivity contribution in [1.29, 1.82) is 0 Å². The Morgan fingerprint density at radius 1 is 1.12 bits per heavy atom. The van der Waals surface area contributed by atoms with Crippen molar-refractivity contribution in [2.75, 3.05) is 19.3 Å². The maximum Gasteiger partial charge on any atom is 0.224 e. The predicted molar refractivity (Wildman–Crippen MR) is 128 cm³/mol. The molecule has 0 aromatic carbocycles. The van der Waals surface area contributed by atoms with E-state index in [1.165, 1.54) is 10.6 Å². The summed E-state index contributed by atoms with van der Waals surface area (Å²) >= 11 is 0. The minimum atomic E-state index is -3.17. The molecule has 0 bridgehead atoms. The summed E-state index contributed by atoms with van der Waals surface area (Å²) in [5.74, 6) is 2.19. The molecule has 2 aliphatic rings. The van der Waals surface area contributed by atoms with Gasteiger partial charge in [-0.2, -0.15) is 0 Å². The summed E-state index contributed by atoms with van der Waals surface area (Å²) in [5.41, 5.74) is 2.02. The van der Waals surface area contributed by atoms with Gasteiger partial charge in [0.1, 0.15) is 11.9 Å². The van der Waals surface area contributed by atoms with E-state index in [4.69, 9.17) is 9.72 Å². The van der Waals surface area contributed by atoms with Gasteiger partial charge in [-0.15, -0.1) is 0 Å². The third kappa shape index (κ3) is 5.81. The molecule has 182 valence electrons. The molecule has 3 heterocycles. The second-order valence-electron chi connectivity index (χ2n) is 9.77. The number of aromatic nitrogens is 3. The number of aliphatic hydroxyl groups excluding tert-OH is 1. The van der Waals surface area contributed by atoms with Gasteiger partial charge >= 0.3 is 0 Å². The lowest BCUT2D eigenvalue weighted by Crippen LogP contribution is -2.41. The van der Waals surface area contributed by atoms with Crippen molar-refractivity contribution < 1.29 is 18.3 Å². The fourth-order valence-corrected chi connectivity index (χ4v) is 5.70. The summed E-state index contributed by atoms with van der Waals surface area (Å²) in [4.78, 5) is 14.3. The Balaban J connectivity index is 1.61. The minimum absolute atomic E-state index is 0.0887. The molecule has 1 atom stereocenters. The van der Waals surface area contributed by atoms with E-state index in [-0.39, 0.29) is 12.2 Å². The first-order chi connectivity index (χ1) is 15.7. The van der Waals surface area contributed by atoms with Crippen molar-refractivity contribution in [3.63, 3.8) is 0 Å². The molecule has 1 N–H and O–H groups in total. The van der Waals surface area contributed by atoms with Gasteiger partial charge in [0, 0.05) is 37.5 Å². The molecule has 4 rings (SSSR count). The van der Waals surface area contributed by atoms with Crippen LogP contribution in [0.25, 0.3) is 10.9 Å². The Kier molecular flexibility index (Phi) is 7.50. The molecular weight excluding hydrogens is 440 g/mol. The van der Waals surface area contributed by atoms with Gasteiger partial charge in [0.15, 0.2) is 0 Å². The predicted octanol–water partition coefficient (Wildman–Crippen LogP) is 3.43. The second-order valence-corrected chi connectivity index (χ2v) is 11.8. The fourth-order valence-electron chi connectivity index (χ4n) is 4.83. The standard InChI is InChI=1S/C24H36N4O4S/c1-4-16(2)13-22-25-15-21-23(27-22)20(17-5-7-18(29)8-6-17)14-26-24(21)32-19-9-11-28(12-10-19)33(3,30)31/h14-19,29H,4-13H2,1-3H3/t16-,17?,18?/m0/s1. The summed E-state index contributed by atoms with van der Waals surface area (Å²) in [5, 5.41) is 10.8. The van der Waals surface area contributed by atoms with Crippen LogP contribution in [0.15, 0.2) is 12.4 Å². The Hall–Kier alpha value is -1.84. The van der Waals surface area contributed by atoms with E-state index in [0.29, 0.717) is 43.6 Å². The van der Waals surface area contributed by atoms with Crippen LogP contribution in [-0.2, 0) is 16.4 Å². The van der Waals surface area contributed by atoms with Crippen LogP contribution < -0.4 is 4.74 Å². The molecule has 0 unspecified atom stereocenters. The van der Waals surface area contributed by atoms with Crippen LogP contribution in [0.3, 0.4) is 0 Å². The van der Waals surface area contributed by atoms with Gasteiger partial charge in [0.2, 0.25) is 15.9 Å². The largest absolute Gasteiger partial charge is 0.474 e. The molecule has 0 spiro atoms. The highest BCUT2D eigenvalue weighted by atomic mass is 32.2. The van der Waals surface area contributed by atoms with Crippen LogP contribution in [0.4, 0.5) is 0 Å². The summed E-state index contributed by atoms with van der Waals surface area (Å²) in [6.45, 7) is 5.30. The monoisotopic (exact) mass is 476 g/mol. The highest BCUT2D eigenvalue weighted by Crippen LogP contribution is 2.38. The average molecular weight is 477 g/mol.